The Kier molecular flexibility index (Phi) is 4.33. The van der Waals surface area contributed by atoms with Crippen molar-refractivity contribution >= 4 is 5.91 Å². The summed E-state index contributed by atoms with van der Waals surface area (Å²) in [6, 6.07) is 0. The molecule has 1 aliphatic rings. The Bertz CT molecular complexity index is 397. The van der Waals surface area contributed by atoms with Crippen molar-refractivity contribution in [2.24, 2.45) is 0 Å². The van der Waals surface area contributed by atoms with Crippen molar-refractivity contribution in [2.75, 3.05) is 46.3 Å². The van der Waals surface area contributed by atoms with Crippen LogP contribution in [0.15, 0.2) is 6.20 Å². The van der Waals surface area contributed by atoms with Crippen LogP contribution >= 0.6 is 0 Å². The molecule has 1 amide bonds. The lowest BCUT2D eigenvalue weighted by Crippen LogP contribution is -2.46. The number of nitrogens with one attached hydrogen (secondary N) is 2. The molecule has 1 saturated heterocycles. The number of likely N-dealkylation sites (N-methyl/N-ethyl adjacent to an activating group) is 1. The summed E-state index contributed by atoms with van der Waals surface area (Å²) >= 11 is 0. The molecular weight excluding hydrogens is 230 g/mol. The maximum absolute atomic E-state index is 12.1. The summed E-state index contributed by atoms with van der Waals surface area (Å²) in [6.45, 7) is 7.76. The number of hydrogen-bond acceptors (Lipinski definition) is 4. The van der Waals surface area contributed by atoms with Gasteiger partial charge in [-0.1, -0.05) is 0 Å². The molecule has 1 aromatic heterocycles. The molecule has 18 heavy (non-hydrogen) atoms. The third-order valence-corrected chi connectivity index (χ3v) is 3.37. The van der Waals surface area contributed by atoms with Crippen LogP contribution in [0.5, 0.6) is 0 Å². The van der Waals surface area contributed by atoms with E-state index in [1.165, 1.54) is 0 Å². The number of rotatable bonds is 4. The number of carbonyl (C=O) groups excluding carboxylic acids is 1. The van der Waals surface area contributed by atoms with Crippen molar-refractivity contribution < 1.29 is 4.79 Å². The van der Waals surface area contributed by atoms with Crippen LogP contribution in [0.2, 0.25) is 0 Å². The van der Waals surface area contributed by atoms with E-state index in [2.05, 4.69) is 20.4 Å². The molecule has 0 aliphatic carbocycles. The molecule has 0 saturated carbocycles. The minimum atomic E-state index is 0.0383. The van der Waals surface area contributed by atoms with Gasteiger partial charge in [-0.3, -0.25) is 14.8 Å². The molecule has 1 aromatic rings. The van der Waals surface area contributed by atoms with Crippen LogP contribution in [0.25, 0.3) is 0 Å². The van der Waals surface area contributed by atoms with Gasteiger partial charge in [-0.2, -0.15) is 5.10 Å². The highest BCUT2D eigenvalue weighted by atomic mass is 16.2. The average Bonchev–Trinajstić information content (AvgIpc) is 2.82. The minimum absolute atomic E-state index is 0.0383. The predicted octanol–water partition coefficient (Wildman–Crippen LogP) is -0.305. The van der Waals surface area contributed by atoms with Gasteiger partial charge in [0.05, 0.1) is 11.8 Å². The van der Waals surface area contributed by atoms with Crippen LogP contribution < -0.4 is 5.32 Å². The Balaban J connectivity index is 1.82. The summed E-state index contributed by atoms with van der Waals surface area (Å²) < 4.78 is 0. The fourth-order valence-corrected chi connectivity index (χ4v) is 2.10. The smallest absolute Gasteiger partial charge is 0.257 e. The summed E-state index contributed by atoms with van der Waals surface area (Å²) in [5.41, 5.74) is 1.49. The minimum Gasteiger partial charge on any atom is -0.340 e. The third-order valence-electron chi connectivity index (χ3n) is 3.37. The Morgan fingerprint density at radius 3 is 2.83 bits per heavy atom. The highest BCUT2D eigenvalue weighted by Gasteiger charge is 2.17. The van der Waals surface area contributed by atoms with Crippen molar-refractivity contribution in [2.45, 2.75) is 6.92 Å². The molecule has 1 fully saturated rings. The molecular formula is C12H21N5O. The number of aryl methyl sites for hydroxylation is 1. The van der Waals surface area contributed by atoms with Gasteiger partial charge in [0, 0.05) is 52.0 Å². The van der Waals surface area contributed by atoms with Crippen LogP contribution in [0.3, 0.4) is 0 Å². The molecule has 0 bridgehead atoms. The van der Waals surface area contributed by atoms with E-state index in [1.807, 2.05) is 14.0 Å². The zero-order chi connectivity index (χ0) is 13.0. The number of H-pyrrole nitrogens is 1. The van der Waals surface area contributed by atoms with Crippen LogP contribution in [-0.4, -0.2) is 72.2 Å². The van der Waals surface area contributed by atoms with Gasteiger partial charge in [0.1, 0.15) is 0 Å². The van der Waals surface area contributed by atoms with Gasteiger partial charge in [0.15, 0.2) is 0 Å². The lowest BCUT2D eigenvalue weighted by atomic mass is 10.2. The Labute approximate surface area is 107 Å². The summed E-state index contributed by atoms with van der Waals surface area (Å²) in [6.07, 6.45) is 1.60. The Hall–Kier alpha value is -1.40. The number of carbonyl (C=O) groups is 1. The van der Waals surface area contributed by atoms with E-state index in [4.69, 9.17) is 0 Å². The van der Waals surface area contributed by atoms with E-state index in [-0.39, 0.29) is 5.91 Å². The van der Waals surface area contributed by atoms with Gasteiger partial charge in [-0.05, 0) is 6.92 Å². The molecule has 0 spiro atoms. The maximum atomic E-state index is 12.1. The lowest BCUT2D eigenvalue weighted by molar-refractivity contribution is 0.0774. The Morgan fingerprint density at radius 1 is 1.50 bits per heavy atom. The lowest BCUT2D eigenvalue weighted by Gasteiger charge is -2.29. The standard InChI is InChI=1S/C12H21N5O/c1-10-11(9-14-15-10)12(18)16(2)7-8-17-5-3-13-4-6-17/h9,13H,3-8H2,1-2H3,(H,14,15). The number of nitrogens with zero attached hydrogens (tertiary/aromatic N) is 3. The van der Waals surface area contributed by atoms with Crippen molar-refractivity contribution in [1.82, 2.24) is 25.3 Å². The van der Waals surface area contributed by atoms with Gasteiger partial charge >= 0.3 is 0 Å². The molecule has 1 aliphatic heterocycles. The van der Waals surface area contributed by atoms with E-state index in [1.54, 1.807) is 11.1 Å². The summed E-state index contributed by atoms with van der Waals surface area (Å²) in [4.78, 5) is 16.3. The fraction of sp³-hybridized carbons (Fsp3) is 0.667. The normalized spacial score (nSPS) is 16.8. The van der Waals surface area contributed by atoms with Crippen molar-refractivity contribution in [3.05, 3.63) is 17.5 Å². The van der Waals surface area contributed by atoms with E-state index in [0.717, 1.165) is 45.0 Å². The molecule has 0 aromatic carbocycles. The van der Waals surface area contributed by atoms with E-state index in [0.29, 0.717) is 5.56 Å². The first-order valence-corrected chi connectivity index (χ1v) is 6.37. The summed E-state index contributed by atoms with van der Waals surface area (Å²) in [5.74, 6) is 0.0383. The summed E-state index contributed by atoms with van der Waals surface area (Å²) in [5, 5.41) is 10.00. The molecule has 0 atom stereocenters. The first-order chi connectivity index (χ1) is 8.68. The highest BCUT2D eigenvalue weighted by Crippen LogP contribution is 2.06. The van der Waals surface area contributed by atoms with Gasteiger partial charge < -0.3 is 10.2 Å². The molecule has 0 unspecified atom stereocenters. The number of hydrogen-bond donors (Lipinski definition) is 2. The second kappa shape index (κ2) is 5.97. The maximum Gasteiger partial charge on any atom is 0.257 e. The van der Waals surface area contributed by atoms with Crippen LogP contribution in [-0.2, 0) is 0 Å². The number of aromatic nitrogens is 2. The first-order valence-electron chi connectivity index (χ1n) is 6.37. The predicted molar refractivity (Wildman–Crippen MR) is 69.6 cm³/mol. The monoisotopic (exact) mass is 251 g/mol. The van der Waals surface area contributed by atoms with Gasteiger partial charge in [-0.25, -0.2) is 0 Å². The van der Waals surface area contributed by atoms with E-state index >= 15 is 0 Å². The SMILES string of the molecule is Cc1[nH]ncc1C(=O)N(C)CCN1CCNCC1. The van der Waals surface area contributed by atoms with Crippen LogP contribution in [0.1, 0.15) is 16.1 Å². The number of amides is 1. The van der Waals surface area contributed by atoms with Crippen LogP contribution in [0, 0.1) is 6.92 Å². The number of piperazine rings is 1. The average molecular weight is 251 g/mol. The van der Waals surface area contributed by atoms with Crippen molar-refractivity contribution in [3.63, 3.8) is 0 Å². The first kappa shape index (κ1) is 13.0. The quantitative estimate of drug-likeness (QED) is 0.771. The third kappa shape index (κ3) is 3.08. The molecule has 6 heteroatoms. The number of aromatic amines is 1. The highest BCUT2D eigenvalue weighted by molar-refractivity contribution is 5.94. The van der Waals surface area contributed by atoms with Crippen molar-refractivity contribution in [3.8, 4) is 0 Å². The largest absolute Gasteiger partial charge is 0.340 e. The summed E-state index contributed by atoms with van der Waals surface area (Å²) in [7, 11) is 1.84. The molecule has 2 heterocycles. The second-order valence-corrected chi connectivity index (χ2v) is 4.73. The zero-order valence-corrected chi connectivity index (χ0v) is 11.1. The van der Waals surface area contributed by atoms with Gasteiger partial charge in [-0.15, -0.1) is 0 Å². The van der Waals surface area contributed by atoms with E-state index in [9.17, 15) is 4.79 Å². The van der Waals surface area contributed by atoms with Gasteiger partial charge in [0.2, 0.25) is 0 Å². The van der Waals surface area contributed by atoms with Crippen LogP contribution in [0.4, 0.5) is 0 Å². The van der Waals surface area contributed by atoms with E-state index < -0.39 is 0 Å². The Morgan fingerprint density at radius 2 is 2.22 bits per heavy atom. The molecule has 6 nitrogen and oxygen atoms in total. The zero-order valence-electron chi connectivity index (χ0n) is 11.1. The molecule has 0 radical (unpaired) electrons. The van der Waals surface area contributed by atoms with Gasteiger partial charge in [0.25, 0.3) is 5.91 Å². The van der Waals surface area contributed by atoms with Crippen molar-refractivity contribution in [1.29, 1.82) is 0 Å². The molecule has 2 rings (SSSR count). The molecule has 2 N–H and O–H groups in total. The fourth-order valence-electron chi connectivity index (χ4n) is 2.10. The topological polar surface area (TPSA) is 64.3 Å². The second-order valence-electron chi connectivity index (χ2n) is 4.73. The molecule has 100 valence electrons.